The van der Waals surface area contributed by atoms with E-state index in [4.69, 9.17) is 86.1 Å². The third-order valence-corrected chi connectivity index (χ3v) is 0.861. The van der Waals surface area contributed by atoms with Crippen LogP contribution in [-0.2, 0) is 27.4 Å². The highest BCUT2D eigenvalue weighted by Crippen LogP contribution is 2.37. The standard InChI is InChI=1S/C4H8N2.6FH2O3P/c1-6-3-2-5-4-6;6*1-5(2,3)4/h4H,2-3H2,1H3;6*(H2,2,3,4). The van der Waals surface area contributed by atoms with Crippen LogP contribution in [-0.4, -0.2) is 90.1 Å². The fourth-order valence-corrected chi connectivity index (χ4v) is 0.470. The van der Waals surface area contributed by atoms with E-state index in [1.165, 1.54) is 0 Å². The molecule has 0 bridgehead atoms. The van der Waals surface area contributed by atoms with Gasteiger partial charge < -0.3 is 4.90 Å². The Kier molecular flexibility index (Phi) is 29.7. The zero-order valence-corrected chi connectivity index (χ0v) is 22.0. The summed E-state index contributed by atoms with van der Waals surface area (Å²) in [6.07, 6.45) is 1.86. The van der Waals surface area contributed by atoms with Crippen molar-refractivity contribution in [2.24, 2.45) is 4.99 Å². The second kappa shape index (κ2) is 21.8. The van der Waals surface area contributed by atoms with Crippen LogP contribution in [0.4, 0.5) is 25.2 Å². The molecule has 0 radical (unpaired) electrons. The molecule has 1 aliphatic rings. The van der Waals surface area contributed by atoms with E-state index in [-0.39, 0.29) is 0 Å². The number of rotatable bonds is 0. The quantitative estimate of drug-likeness (QED) is 0.120. The van der Waals surface area contributed by atoms with Gasteiger partial charge in [-0.1, -0.05) is 0 Å². The molecule has 12 N–H and O–H groups in total. The molecule has 0 saturated carbocycles. The highest BCUT2D eigenvalue weighted by atomic mass is 31.2. The zero-order chi connectivity index (χ0) is 31.4. The summed E-state index contributed by atoms with van der Waals surface area (Å²) < 4.78 is 114. The predicted molar refractivity (Wildman–Crippen MR) is 105 cm³/mol. The van der Waals surface area contributed by atoms with E-state index in [0.29, 0.717) is 0 Å². The second-order valence-corrected chi connectivity index (χ2v) is 10.0. The number of halogens is 6. The second-order valence-electron chi connectivity index (χ2n) is 4.34. The molecule has 0 aromatic carbocycles. The normalized spacial score (nSPS) is 13.1. The molecule has 20 nitrogen and oxygen atoms in total. The summed E-state index contributed by atoms with van der Waals surface area (Å²) in [6, 6.07) is 0. The lowest BCUT2D eigenvalue weighted by molar-refractivity contribution is 0.320. The first-order valence-electron chi connectivity index (χ1n) is 6.61. The zero-order valence-electron chi connectivity index (χ0n) is 16.7. The van der Waals surface area contributed by atoms with Crippen LogP contribution in [0.25, 0.3) is 0 Å². The first kappa shape index (κ1) is 49.0. The van der Waals surface area contributed by atoms with Gasteiger partial charge >= 0.3 is 47.4 Å². The maximum atomic E-state index is 10.4. The maximum Gasteiger partial charge on any atom is 0.507 e. The van der Waals surface area contributed by atoms with Crippen LogP contribution in [0.3, 0.4) is 0 Å². The van der Waals surface area contributed by atoms with Crippen LogP contribution in [0.5, 0.6) is 0 Å². The highest BCUT2D eigenvalue weighted by molar-refractivity contribution is 7.46. The van der Waals surface area contributed by atoms with Crippen LogP contribution >= 0.6 is 47.4 Å². The third-order valence-electron chi connectivity index (χ3n) is 0.861. The molecule has 0 aromatic rings. The van der Waals surface area contributed by atoms with Crippen molar-refractivity contribution in [3.8, 4) is 0 Å². The Bertz CT molecular complexity index is 647. The Morgan fingerprint density at radius 1 is 0.528 bits per heavy atom. The molecule has 1 heterocycles. The number of likely N-dealkylation sites (N-methyl/N-ethyl adjacent to an activating group) is 1. The minimum Gasteiger partial charge on any atom is -0.364 e. The number of nitrogens with zero attached hydrogens (tertiary/aromatic N) is 2. The monoisotopic (exact) mass is 684 g/mol. The Labute approximate surface area is 196 Å². The van der Waals surface area contributed by atoms with E-state index >= 15 is 0 Å². The summed E-state index contributed by atoms with van der Waals surface area (Å²) in [4.78, 5) is 89.6. The molecule has 226 valence electrons. The molecule has 1 aliphatic heterocycles. The first-order chi connectivity index (χ1) is 14.9. The topological polar surface area (TPSA) is 361 Å². The predicted octanol–water partition coefficient (Wildman–Crippen LogP) is 0.252. The lowest BCUT2D eigenvalue weighted by atomic mass is 10.6. The van der Waals surface area contributed by atoms with Crippen molar-refractivity contribution in [3.63, 3.8) is 0 Å². The van der Waals surface area contributed by atoms with Gasteiger partial charge in [0.05, 0.1) is 12.9 Å². The number of hydrogen-bond donors (Lipinski definition) is 12. The molecular formula is C4H20F6N2O18P6. The van der Waals surface area contributed by atoms with Crippen LogP contribution < -0.4 is 0 Å². The van der Waals surface area contributed by atoms with Crippen molar-refractivity contribution in [1.82, 2.24) is 4.90 Å². The van der Waals surface area contributed by atoms with E-state index in [0.717, 1.165) is 13.1 Å². The Morgan fingerprint density at radius 2 is 0.667 bits per heavy atom. The van der Waals surface area contributed by atoms with Gasteiger partial charge in [-0.25, -0.2) is 27.4 Å². The van der Waals surface area contributed by atoms with E-state index in [9.17, 15) is 25.2 Å². The fourth-order valence-electron chi connectivity index (χ4n) is 0.470. The van der Waals surface area contributed by atoms with Gasteiger partial charge in [-0.3, -0.25) is 63.7 Å². The molecule has 1 rings (SSSR count). The maximum absolute atomic E-state index is 10.4. The molecule has 0 saturated heterocycles. The molecule has 0 aromatic heterocycles. The van der Waals surface area contributed by atoms with E-state index < -0.39 is 47.4 Å². The van der Waals surface area contributed by atoms with Crippen LogP contribution in [0.15, 0.2) is 4.99 Å². The lowest BCUT2D eigenvalue weighted by Crippen LogP contribution is -2.11. The van der Waals surface area contributed by atoms with E-state index in [1.807, 2.05) is 13.4 Å². The van der Waals surface area contributed by atoms with Crippen LogP contribution in [0.1, 0.15) is 0 Å². The van der Waals surface area contributed by atoms with Gasteiger partial charge in [0.1, 0.15) is 0 Å². The molecule has 0 amide bonds. The summed E-state index contributed by atoms with van der Waals surface area (Å²) >= 11 is 0. The largest absolute Gasteiger partial charge is 0.507 e. The minimum absolute atomic E-state index is 0.983. The molecule has 0 atom stereocenters. The number of aliphatic imine (C=N–C) groups is 1. The Balaban J connectivity index is -0.0000000731. The summed E-state index contributed by atoms with van der Waals surface area (Å²) in [5, 5.41) is 0. The molecule has 32 heteroatoms. The first-order valence-corrected chi connectivity index (χ1v) is 15.6. The molecular weight excluding hydrogens is 664 g/mol. The lowest BCUT2D eigenvalue weighted by Gasteiger charge is -1.99. The van der Waals surface area contributed by atoms with Crippen molar-refractivity contribution in [1.29, 1.82) is 0 Å². The van der Waals surface area contributed by atoms with Crippen molar-refractivity contribution in [3.05, 3.63) is 0 Å². The molecule has 0 spiro atoms. The van der Waals surface area contributed by atoms with Gasteiger partial charge in [0.25, 0.3) is 0 Å². The fraction of sp³-hybridized carbons (Fsp3) is 0.750. The highest BCUT2D eigenvalue weighted by Gasteiger charge is 2.06. The van der Waals surface area contributed by atoms with Gasteiger partial charge in [0.2, 0.25) is 0 Å². The summed E-state index contributed by atoms with van der Waals surface area (Å²) in [5.41, 5.74) is 0. The summed E-state index contributed by atoms with van der Waals surface area (Å²) in [7, 11) is -28.8. The third kappa shape index (κ3) is 763. The van der Waals surface area contributed by atoms with E-state index in [2.05, 4.69) is 9.89 Å². The minimum atomic E-state index is -5.14. The van der Waals surface area contributed by atoms with Gasteiger partial charge in [-0.15, -0.1) is 25.2 Å². The average Bonchev–Trinajstić information content (AvgIpc) is 2.76. The molecule has 0 fully saturated rings. The van der Waals surface area contributed by atoms with Crippen molar-refractivity contribution in [2.75, 3.05) is 20.1 Å². The smallest absolute Gasteiger partial charge is 0.364 e. The Morgan fingerprint density at radius 3 is 0.694 bits per heavy atom. The van der Waals surface area contributed by atoms with E-state index in [1.54, 1.807) is 0 Å². The average molecular weight is 684 g/mol. The van der Waals surface area contributed by atoms with Gasteiger partial charge in [-0.2, -0.15) is 0 Å². The molecule has 0 unspecified atom stereocenters. The van der Waals surface area contributed by atoms with Crippen molar-refractivity contribution >= 4 is 53.8 Å². The summed E-state index contributed by atoms with van der Waals surface area (Å²) in [5.74, 6) is 0. The Hall–Kier alpha value is -0.0500. The van der Waals surface area contributed by atoms with Gasteiger partial charge in [0, 0.05) is 13.6 Å². The van der Waals surface area contributed by atoms with Crippen LogP contribution in [0, 0.1) is 0 Å². The van der Waals surface area contributed by atoms with Crippen molar-refractivity contribution in [2.45, 2.75) is 0 Å². The van der Waals surface area contributed by atoms with Gasteiger partial charge in [0.15, 0.2) is 0 Å². The van der Waals surface area contributed by atoms with Crippen molar-refractivity contribution < 1.29 is 111 Å². The van der Waals surface area contributed by atoms with Crippen LogP contribution in [0.2, 0.25) is 0 Å². The van der Waals surface area contributed by atoms with Gasteiger partial charge in [-0.05, 0) is 0 Å². The molecule has 36 heavy (non-hydrogen) atoms. The molecule has 0 aliphatic carbocycles. The number of hydrogen-bond acceptors (Lipinski definition) is 8. The SMILES string of the molecule is CN1C=NCC1.O=P(O)(O)F.O=P(O)(O)F.O=P(O)(O)F.O=P(O)(O)F.O=P(O)(O)F.O=P(O)(O)F. The summed E-state index contributed by atoms with van der Waals surface area (Å²) in [6.45, 7) is 2.08.